The minimum absolute atomic E-state index is 0.659. The molecule has 0 aliphatic carbocycles. The molecule has 0 aromatic heterocycles. The number of aliphatic imine (C=N–C) groups is 1. The minimum Gasteiger partial charge on any atom is -0.382 e. The smallest absolute Gasteiger partial charge is 0.190 e. The lowest BCUT2D eigenvalue weighted by Gasteiger charge is -2.30. The maximum absolute atomic E-state index is 5.43. The van der Waals surface area contributed by atoms with Crippen LogP contribution in [0.4, 0.5) is 0 Å². The topological polar surface area (TPSA) is 58.1 Å². The first-order valence-electron chi connectivity index (χ1n) is 7.96. The molecule has 0 spiro atoms. The Bertz CT molecular complexity index is 287. The zero-order valence-corrected chi connectivity index (χ0v) is 13.9. The number of likely N-dealkylation sites (tertiary alicyclic amines) is 1. The molecule has 0 saturated carbocycles. The van der Waals surface area contributed by atoms with Crippen molar-refractivity contribution in [2.45, 2.75) is 19.3 Å². The summed E-state index contributed by atoms with van der Waals surface area (Å²) in [6, 6.07) is 0. The van der Waals surface area contributed by atoms with Gasteiger partial charge in [0.15, 0.2) is 5.96 Å². The molecule has 21 heavy (non-hydrogen) atoms. The molecule has 1 unspecified atom stereocenters. The van der Waals surface area contributed by atoms with Crippen LogP contribution in [-0.4, -0.2) is 78.1 Å². The predicted octanol–water partition coefficient (Wildman–Crippen LogP) is 0.546. The van der Waals surface area contributed by atoms with Crippen LogP contribution in [0.3, 0.4) is 0 Å². The third-order valence-electron chi connectivity index (χ3n) is 3.69. The van der Waals surface area contributed by atoms with Gasteiger partial charge in [0, 0.05) is 40.4 Å². The second-order valence-electron chi connectivity index (χ2n) is 5.61. The average molecular weight is 300 g/mol. The highest BCUT2D eigenvalue weighted by Crippen LogP contribution is 2.13. The van der Waals surface area contributed by atoms with E-state index in [1.165, 1.54) is 25.9 Å². The van der Waals surface area contributed by atoms with Crippen molar-refractivity contribution in [2.75, 3.05) is 67.2 Å². The quantitative estimate of drug-likeness (QED) is 0.370. The standard InChI is InChI=1S/C15H32N4O2/c1-16-15(17-7-5-9-21-11-10-20-3)18-12-14-6-4-8-19(2)13-14/h14H,4-13H2,1-3H3,(H2,16,17,18). The van der Waals surface area contributed by atoms with Crippen molar-refractivity contribution >= 4 is 5.96 Å². The summed E-state index contributed by atoms with van der Waals surface area (Å²) in [6.07, 6.45) is 3.58. The van der Waals surface area contributed by atoms with Crippen LogP contribution < -0.4 is 10.6 Å². The predicted molar refractivity (Wildman–Crippen MR) is 86.9 cm³/mol. The Hall–Kier alpha value is -0.850. The molecule has 0 aromatic rings. The second kappa shape index (κ2) is 11.8. The number of hydrogen-bond donors (Lipinski definition) is 2. The number of nitrogens with one attached hydrogen (secondary N) is 2. The molecular formula is C15H32N4O2. The van der Waals surface area contributed by atoms with Gasteiger partial charge in [-0.2, -0.15) is 0 Å². The van der Waals surface area contributed by atoms with Crippen molar-refractivity contribution in [3.63, 3.8) is 0 Å². The van der Waals surface area contributed by atoms with Gasteiger partial charge < -0.3 is 25.0 Å². The lowest BCUT2D eigenvalue weighted by Crippen LogP contribution is -2.43. The first-order chi connectivity index (χ1) is 10.3. The lowest BCUT2D eigenvalue weighted by atomic mass is 9.99. The highest BCUT2D eigenvalue weighted by Gasteiger charge is 2.16. The summed E-state index contributed by atoms with van der Waals surface area (Å²) in [5.41, 5.74) is 0. The molecular weight excluding hydrogens is 268 g/mol. The van der Waals surface area contributed by atoms with Crippen LogP contribution in [0.5, 0.6) is 0 Å². The molecule has 1 aliphatic heterocycles. The maximum atomic E-state index is 5.43. The van der Waals surface area contributed by atoms with Crippen LogP contribution in [0, 0.1) is 5.92 Å². The third kappa shape index (κ3) is 8.90. The third-order valence-corrected chi connectivity index (χ3v) is 3.69. The zero-order chi connectivity index (χ0) is 15.3. The maximum Gasteiger partial charge on any atom is 0.190 e. The van der Waals surface area contributed by atoms with E-state index in [1.54, 1.807) is 7.11 Å². The van der Waals surface area contributed by atoms with Gasteiger partial charge in [-0.3, -0.25) is 4.99 Å². The summed E-state index contributed by atoms with van der Waals surface area (Å²) < 4.78 is 10.4. The van der Waals surface area contributed by atoms with Gasteiger partial charge in [0.2, 0.25) is 0 Å². The largest absolute Gasteiger partial charge is 0.382 e. The van der Waals surface area contributed by atoms with Crippen molar-refractivity contribution in [3.05, 3.63) is 0 Å². The molecule has 6 nitrogen and oxygen atoms in total. The molecule has 6 heteroatoms. The SMILES string of the molecule is CN=C(NCCCOCCOC)NCC1CCCN(C)C1. The normalized spacial score (nSPS) is 20.5. The Morgan fingerprint density at radius 1 is 1.29 bits per heavy atom. The highest BCUT2D eigenvalue weighted by molar-refractivity contribution is 5.79. The van der Waals surface area contributed by atoms with E-state index < -0.39 is 0 Å². The van der Waals surface area contributed by atoms with Crippen LogP contribution in [0.15, 0.2) is 4.99 Å². The van der Waals surface area contributed by atoms with Gasteiger partial charge in [0.05, 0.1) is 13.2 Å². The molecule has 1 aliphatic rings. The van der Waals surface area contributed by atoms with Crippen LogP contribution in [-0.2, 0) is 9.47 Å². The summed E-state index contributed by atoms with van der Waals surface area (Å²) in [5, 5.41) is 6.75. The van der Waals surface area contributed by atoms with Gasteiger partial charge in [-0.15, -0.1) is 0 Å². The fourth-order valence-electron chi connectivity index (χ4n) is 2.53. The molecule has 1 heterocycles. The van der Waals surface area contributed by atoms with E-state index in [1.807, 2.05) is 7.05 Å². The monoisotopic (exact) mass is 300 g/mol. The fraction of sp³-hybridized carbons (Fsp3) is 0.933. The summed E-state index contributed by atoms with van der Waals surface area (Å²) >= 11 is 0. The Morgan fingerprint density at radius 2 is 2.14 bits per heavy atom. The highest BCUT2D eigenvalue weighted by atomic mass is 16.5. The van der Waals surface area contributed by atoms with E-state index in [0.29, 0.717) is 13.2 Å². The van der Waals surface area contributed by atoms with E-state index in [2.05, 4.69) is 27.6 Å². The molecule has 1 saturated heterocycles. The van der Waals surface area contributed by atoms with E-state index in [-0.39, 0.29) is 0 Å². The molecule has 1 rings (SSSR count). The fourth-order valence-corrected chi connectivity index (χ4v) is 2.53. The van der Waals surface area contributed by atoms with Gasteiger partial charge in [-0.05, 0) is 38.8 Å². The van der Waals surface area contributed by atoms with Crippen LogP contribution >= 0.6 is 0 Å². The van der Waals surface area contributed by atoms with Crippen LogP contribution in [0.1, 0.15) is 19.3 Å². The number of nitrogens with zero attached hydrogens (tertiary/aromatic N) is 2. The first kappa shape index (κ1) is 18.2. The van der Waals surface area contributed by atoms with Crippen molar-refractivity contribution in [3.8, 4) is 0 Å². The van der Waals surface area contributed by atoms with Crippen molar-refractivity contribution in [2.24, 2.45) is 10.9 Å². The molecule has 0 aromatic carbocycles. The summed E-state index contributed by atoms with van der Waals surface area (Å²) in [7, 11) is 5.70. The minimum atomic E-state index is 0.659. The van der Waals surface area contributed by atoms with E-state index >= 15 is 0 Å². The Labute approximate surface area is 129 Å². The Morgan fingerprint density at radius 3 is 2.86 bits per heavy atom. The van der Waals surface area contributed by atoms with Gasteiger partial charge in [0.1, 0.15) is 0 Å². The van der Waals surface area contributed by atoms with Crippen LogP contribution in [0.25, 0.3) is 0 Å². The number of ether oxygens (including phenoxy) is 2. The number of methoxy groups -OCH3 is 1. The molecule has 2 N–H and O–H groups in total. The zero-order valence-electron chi connectivity index (χ0n) is 13.9. The van der Waals surface area contributed by atoms with Crippen molar-refractivity contribution in [1.29, 1.82) is 0 Å². The van der Waals surface area contributed by atoms with Gasteiger partial charge in [-0.1, -0.05) is 0 Å². The average Bonchev–Trinajstić information content (AvgIpc) is 2.49. The summed E-state index contributed by atoms with van der Waals surface area (Å²) in [6.45, 7) is 6.35. The lowest BCUT2D eigenvalue weighted by molar-refractivity contribution is 0.0698. The van der Waals surface area contributed by atoms with E-state index in [4.69, 9.17) is 9.47 Å². The number of rotatable bonds is 9. The molecule has 1 atom stereocenters. The molecule has 0 bridgehead atoms. The van der Waals surface area contributed by atoms with E-state index in [0.717, 1.165) is 38.0 Å². The van der Waals surface area contributed by atoms with Crippen LogP contribution in [0.2, 0.25) is 0 Å². The Balaban J connectivity index is 2.03. The molecule has 0 radical (unpaired) electrons. The molecule has 1 fully saturated rings. The van der Waals surface area contributed by atoms with Gasteiger partial charge in [-0.25, -0.2) is 0 Å². The first-order valence-corrected chi connectivity index (χ1v) is 7.96. The van der Waals surface area contributed by atoms with Crippen molar-refractivity contribution < 1.29 is 9.47 Å². The molecule has 0 amide bonds. The number of hydrogen-bond acceptors (Lipinski definition) is 4. The Kier molecular flexibility index (Phi) is 10.2. The molecule has 124 valence electrons. The van der Waals surface area contributed by atoms with Crippen molar-refractivity contribution in [1.82, 2.24) is 15.5 Å². The summed E-state index contributed by atoms with van der Waals surface area (Å²) in [5.74, 6) is 1.61. The number of guanidine groups is 1. The summed E-state index contributed by atoms with van der Waals surface area (Å²) in [4.78, 5) is 6.66. The second-order valence-corrected chi connectivity index (χ2v) is 5.61. The van der Waals surface area contributed by atoms with Gasteiger partial charge >= 0.3 is 0 Å². The van der Waals surface area contributed by atoms with Gasteiger partial charge in [0.25, 0.3) is 0 Å². The van der Waals surface area contributed by atoms with E-state index in [9.17, 15) is 0 Å². The number of piperidine rings is 1.